The molecule has 2 N–H and O–H groups in total. The quantitative estimate of drug-likeness (QED) is 0.478. The Morgan fingerprint density at radius 2 is 2.50 bits per heavy atom. The number of methoxy groups -OCH3 is 1. The van der Waals surface area contributed by atoms with Gasteiger partial charge in [-0.05, 0) is 6.42 Å². The number of aliphatic hydroxyl groups excluding tert-OH is 1. The van der Waals surface area contributed by atoms with Crippen LogP contribution < -0.4 is 5.32 Å². The number of hydrogen-bond acceptors (Lipinski definition) is 3. The predicted octanol–water partition coefficient (Wildman–Crippen LogP) is -0.687. The molecule has 0 saturated carbocycles. The first kappa shape index (κ1) is 6.01. The van der Waals surface area contributed by atoms with Gasteiger partial charge in [0.15, 0.2) is 0 Å². The molecule has 3 heteroatoms. The van der Waals surface area contributed by atoms with E-state index in [4.69, 9.17) is 9.84 Å². The van der Waals surface area contributed by atoms with Crippen molar-refractivity contribution in [3.63, 3.8) is 0 Å². The first-order chi connectivity index (χ1) is 3.84. The summed E-state index contributed by atoms with van der Waals surface area (Å²) in [6.45, 7) is 0.861. The summed E-state index contributed by atoms with van der Waals surface area (Å²) in [5.41, 5.74) is 0. The van der Waals surface area contributed by atoms with Crippen molar-refractivity contribution in [1.82, 2.24) is 5.32 Å². The van der Waals surface area contributed by atoms with Gasteiger partial charge in [-0.1, -0.05) is 0 Å². The molecule has 8 heavy (non-hydrogen) atoms. The second kappa shape index (κ2) is 2.44. The van der Waals surface area contributed by atoms with Crippen LogP contribution in [0.25, 0.3) is 0 Å². The number of rotatable bonds is 1. The fourth-order valence-electron chi connectivity index (χ4n) is 0.901. The van der Waals surface area contributed by atoms with Gasteiger partial charge in [0.25, 0.3) is 0 Å². The van der Waals surface area contributed by atoms with Gasteiger partial charge in [0, 0.05) is 13.7 Å². The van der Waals surface area contributed by atoms with Gasteiger partial charge in [0.2, 0.25) is 0 Å². The Morgan fingerprint density at radius 3 is 2.75 bits per heavy atom. The van der Waals surface area contributed by atoms with Gasteiger partial charge in [0.1, 0.15) is 6.23 Å². The third kappa shape index (κ3) is 0.992. The van der Waals surface area contributed by atoms with Crippen LogP contribution in [0.3, 0.4) is 0 Å². The highest BCUT2D eigenvalue weighted by Crippen LogP contribution is 2.05. The zero-order valence-electron chi connectivity index (χ0n) is 4.92. The molecule has 0 bridgehead atoms. The van der Waals surface area contributed by atoms with Crippen LogP contribution in [-0.2, 0) is 4.74 Å². The van der Waals surface area contributed by atoms with Crippen molar-refractivity contribution in [2.45, 2.75) is 18.8 Å². The van der Waals surface area contributed by atoms with Gasteiger partial charge < -0.3 is 9.84 Å². The van der Waals surface area contributed by atoms with E-state index < -0.39 is 0 Å². The zero-order valence-corrected chi connectivity index (χ0v) is 4.92. The van der Waals surface area contributed by atoms with Crippen LogP contribution in [0.5, 0.6) is 0 Å². The van der Waals surface area contributed by atoms with Gasteiger partial charge in [-0.3, -0.25) is 5.32 Å². The summed E-state index contributed by atoms with van der Waals surface area (Å²) >= 11 is 0. The van der Waals surface area contributed by atoms with Crippen molar-refractivity contribution in [2.24, 2.45) is 0 Å². The maximum absolute atomic E-state index is 9.00. The smallest absolute Gasteiger partial charge is 0.133 e. The Bertz CT molecular complexity index is 76.8. The molecule has 1 fully saturated rings. The molecule has 1 heterocycles. The van der Waals surface area contributed by atoms with Crippen LogP contribution in [0.15, 0.2) is 0 Å². The Balaban J connectivity index is 2.30. The minimum absolute atomic E-state index is 0.130. The molecular weight excluding hydrogens is 106 g/mol. The first-order valence-corrected chi connectivity index (χ1v) is 2.79. The van der Waals surface area contributed by atoms with Crippen molar-refractivity contribution in [1.29, 1.82) is 0 Å². The van der Waals surface area contributed by atoms with Crippen molar-refractivity contribution in [3.05, 3.63) is 0 Å². The number of nitrogens with one attached hydrogen (secondary N) is 1. The van der Waals surface area contributed by atoms with E-state index in [0.29, 0.717) is 0 Å². The van der Waals surface area contributed by atoms with E-state index in [-0.39, 0.29) is 12.3 Å². The van der Waals surface area contributed by atoms with Crippen molar-refractivity contribution in [3.8, 4) is 0 Å². The van der Waals surface area contributed by atoms with E-state index >= 15 is 0 Å². The molecule has 48 valence electrons. The number of aliphatic hydroxyl groups is 1. The van der Waals surface area contributed by atoms with Crippen LogP contribution in [0.1, 0.15) is 6.42 Å². The molecule has 1 aliphatic rings. The minimum atomic E-state index is -0.306. The lowest BCUT2D eigenvalue weighted by Crippen LogP contribution is -2.31. The minimum Gasteiger partial charge on any atom is -0.389 e. The molecule has 1 saturated heterocycles. The highest BCUT2D eigenvalue weighted by atomic mass is 16.5. The summed E-state index contributed by atoms with van der Waals surface area (Å²) in [4.78, 5) is 0. The SMILES string of the molecule is CO[C@@H]1NCC[C@@H]1O. The van der Waals surface area contributed by atoms with Gasteiger partial charge in [-0.25, -0.2) is 0 Å². The molecule has 3 nitrogen and oxygen atoms in total. The van der Waals surface area contributed by atoms with E-state index in [0.717, 1.165) is 13.0 Å². The average molecular weight is 117 g/mol. The van der Waals surface area contributed by atoms with E-state index in [1.54, 1.807) is 7.11 Å². The second-order valence-electron chi connectivity index (χ2n) is 1.97. The maximum Gasteiger partial charge on any atom is 0.133 e. The average Bonchev–Trinajstić information content (AvgIpc) is 2.14. The molecule has 0 aliphatic carbocycles. The Hall–Kier alpha value is -0.120. The van der Waals surface area contributed by atoms with E-state index in [1.165, 1.54) is 0 Å². The lowest BCUT2D eigenvalue weighted by atomic mass is 10.3. The van der Waals surface area contributed by atoms with Gasteiger partial charge >= 0.3 is 0 Å². The highest BCUT2D eigenvalue weighted by molar-refractivity contribution is 4.74. The van der Waals surface area contributed by atoms with Crippen LogP contribution in [-0.4, -0.2) is 31.1 Å². The molecule has 0 spiro atoms. The van der Waals surface area contributed by atoms with Gasteiger partial charge in [-0.15, -0.1) is 0 Å². The van der Waals surface area contributed by atoms with E-state index in [9.17, 15) is 0 Å². The summed E-state index contributed by atoms with van der Waals surface area (Å²) in [6, 6.07) is 0. The fraction of sp³-hybridized carbons (Fsp3) is 1.00. The van der Waals surface area contributed by atoms with Crippen molar-refractivity contribution < 1.29 is 9.84 Å². The molecule has 0 aromatic heterocycles. The molecule has 1 rings (SSSR count). The molecule has 0 radical (unpaired) electrons. The summed E-state index contributed by atoms with van der Waals surface area (Å²) in [7, 11) is 1.59. The molecule has 0 amide bonds. The Labute approximate surface area is 48.7 Å². The Morgan fingerprint density at radius 1 is 1.75 bits per heavy atom. The van der Waals surface area contributed by atoms with Crippen molar-refractivity contribution in [2.75, 3.05) is 13.7 Å². The van der Waals surface area contributed by atoms with E-state index in [1.807, 2.05) is 0 Å². The molecule has 0 unspecified atom stereocenters. The lowest BCUT2D eigenvalue weighted by Gasteiger charge is -2.10. The first-order valence-electron chi connectivity index (χ1n) is 2.79. The Kier molecular flexibility index (Phi) is 1.83. The van der Waals surface area contributed by atoms with Crippen LogP contribution in [0, 0.1) is 0 Å². The van der Waals surface area contributed by atoms with Crippen LogP contribution in [0.4, 0.5) is 0 Å². The van der Waals surface area contributed by atoms with Crippen molar-refractivity contribution >= 4 is 0 Å². The molecule has 0 aromatic rings. The molecule has 0 aromatic carbocycles. The topological polar surface area (TPSA) is 41.5 Å². The fourth-order valence-corrected chi connectivity index (χ4v) is 0.901. The monoisotopic (exact) mass is 117 g/mol. The largest absolute Gasteiger partial charge is 0.389 e. The predicted molar refractivity (Wildman–Crippen MR) is 29.4 cm³/mol. The van der Waals surface area contributed by atoms with Gasteiger partial charge in [0.05, 0.1) is 6.10 Å². The summed E-state index contributed by atoms with van der Waals surface area (Å²) in [5.74, 6) is 0. The zero-order chi connectivity index (χ0) is 5.98. The van der Waals surface area contributed by atoms with E-state index in [2.05, 4.69) is 5.32 Å². The third-order valence-electron chi connectivity index (χ3n) is 1.39. The highest BCUT2D eigenvalue weighted by Gasteiger charge is 2.23. The summed E-state index contributed by atoms with van der Waals surface area (Å²) < 4.78 is 4.86. The van der Waals surface area contributed by atoms with Crippen LogP contribution in [0.2, 0.25) is 0 Å². The summed E-state index contributed by atoms with van der Waals surface area (Å²) in [6.07, 6.45) is 0.369. The normalized spacial score (nSPS) is 38.2. The third-order valence-corrected chi connectivity index (χ3v) is 1.39. The number of hydrogen-bond donors (Lipinski definition) is 2. The number of ether oxygens (including phenoxy) is 1. The molecule has 1 aliphatic heterocycles. The molecule has 2 atom stereocenters. The standard InChI is InChI=1S/C5H11NO2/c1-8-5-4(7)2-3-6-5/h4-7H,2-3H2,1H3/t4-,5-/m0/s1. The summed E-state index contributed by atoms with van der Waals surface area (Å²) in [5, 5.41) is 12.0. The lowest BCUT2D eigenvalue weighted by molar-refractivity contribution is -0.00215. The molecular formula is C5H11NO2. The maximum atomic E-state index is 9.00. The van der Waals surface area contributed by atoms with Crippen LogP contribution >= 0.6 is 0 Å². The second-order valence-corrected chi connectivity index (χ2v) is 1.97. The van der Waals surface area contributed by atoms with Gasteiger partial charge in [-0.2, -0.15) is 0 Å².